The highest BCUT2D eigenvalue weighted by molar-refractivity contribution is 5.94. The minimum Gasteiger partial charge on any atom is -0.495 e. The highest BCUT2D eigenvalue weighted by Crippen LogP contribution is 2.29. The molecule has 7 nitrogen and oxygen atoms in total. The average molecular weight is 342 g/mol. The summed E-state index contributed by atoms with van der Waals surface area (Å²) in [5, 5.41) is 0. The van der Waals surface area contributed by atoms with Crippen LogP contribution in [-0.2, 0) is 0 Å². The number of carbonyl (C=O) groups is 1. The van der Waals surface area contributed by atoms with Crippen LogP contribution in [-0.4, -0.2) is 53.6 Å². The lowest BCUT2D eigenvalue weighted by Gasteiger charge is -2.41. The van der Waals surface area contributed by atoms with Crippen molar-refractivity contribution in [1.82, 2.24) is 14.9 Å². The quantitative estimate of drug-likeness (QED) is 0.913. The van der Waals surface area contributed by atoms with Crippen molar-refractivity contribution in [2.24, 2.45) is 0 Å². The Morgan fingerprint density at radius 1 is 1.32 bits per heavy atom. The first-order valence-electron chi connectivity index (χ1n) is 8.26. The lowest BCUT2D eigenvalue weighted by Crippen LogP contribution is -2.54. The standard InChI is InChI=1S/C18H22N4O3/c1-12-11-21(15-6-4-5-7-16(15)25-3)8-9-22(12)18(24)14-10-19-13(2)20-17(14)23/h4-7,10,12H,8-9,11H2,1-3H3,(H,19,20,23). The smallest absolute Gasteiger partial charge is 0.263 e. The van der Waals surface area contributed by atoms with Crippen LogP contribution in [0.3, 0.4) is 0 Å². The zero-order valence-corrected chi connectivity index (χ0v) is 14.7. The number of H-pyrrole nitrogens is 1. The van der Waals surface area contributed by atoms with E-state index in [-0.39, 0.29) is 17.5 Å². The summed E-state index contributed by atoms with van der Waals surface area (Å²) in [5.74, 6) is 1.03. The molecule has 7 heteroatoms. The third-order valence-electron chi connectivity index (χ3n) is 4.47. The number of amides is 1. The minimum atomic E-state index is -0.392. The normalized spacial score (nSPS) is 17.5. The summed E-state index contributed by atoms with van der Waals surface area (Å²) in [6.45, 7) is 5.54. The Morgan fingerprint density at radius 3 is 2.76 bits per heavy atom. The number of aromatic amines is 1. The van der Waals surface area contributed by atoms with Gasteiger partial charge in [0.2, 0.25) is 0 Å². The van der Waals surface area contributed by atoms with Gasteiger partial charge in [-0.2, -0.15) is 0 Å². The number of nitrogens with zero attached hydrogens (tertiary/aromatic N) is 3. The van der Waals surface area contributed by atoms with Gasteiger partial charge in [-0.15, -0.1) is 0 Å². The van der Waals surface area contributed by atoms with E-state index < -0.39 is 5.56 Å². The van der Waals surface area contributed by atoms with Crippen LogP contribution in [0.25, 0.3) is 0 Å². The molecule has 1 atom stereocenters. The topological polar surface area (TPSA) is 78.5 Å². The summed E-state index contributed by atoms with van der Waals surface area (Å²) in [6.07, 6.45) is 1.36. The third kappa shape index (κ3) is 3.35. The van der Waals surface area contributed by atoms with E-state index in [0.29, 0.717) is 25.5 Å². The van der Waals surface area contributed by atoms with Crippen LogP contribution in [0.4, 0.5) is 5.69 Å². The average Bonchev–Trinajstić information content (AvgIpc) is 2.61. The van der Waals surface area contributed by atoms with Crippen LogP contribution in [0.5, 0.6) is 5.75 Å². The molecule has 1 amide bonds. The van der Waals surface area contributed by atoms with Crippen LogP contribution in [0.1, 0.15) is 23.1 Å². The fourth-order valence-electron chi connectivity index (χ4n) is 3.16. The number of aromatic nitrogens is 2. The van der Waals surface area contributed by atoms with E-state index in [9.17, 15) is 9.59 Å². The molecule has 25 heavy (non-hydrogen) atoms. The number of aryl methyl sites for hydroxylation is 1. The zero-order chi connectivity index (χ0) is 18.0. The number of para-hydroxylation sites is 2. The van der Waals surface area contributed by atoms with Crippen molar-refractivity contribution in [1.29, 1.82) is 0 Å². The van der Waals surface area contributed by atoms with Crippen molar-refractivity contribution in [2.45, 2.75) is 19.9 Å². The molecule has 1 aromatic carbocycles. The maximum Gasteiger partial charge on any atom is 0.263 e. The molecule has 1 unspecified atom stereocenters. The fraction of sp³-hybridized carbons (Fsp3) is 0.389. The summed E-state index contributed by atoms with van der Waals surface area (Å²) in [4.78, 5) is 35.3. The second-order valence-corrected chi connectivity index (χ2v) is 6.18. The van der Waals surface area contributed by atoms with Crippen LogP contribution >= 0.6 is 0 Å². The molecule has 0 spiro atoms. The molecule has 0 saturated carbocycles. The number of carbonyl (C=O) groups excluding carboxylic acids is 1. The Balaban J connectivity index is 1.78. The maximum absolute atomic E-state index is 12.7. The van der Waals surface area contributed by atoms with Crippen molar-refractivity contribution >= 4 is 11.6 Å². The predicted molar refractivity (Wildman–Crippen MR) is 95.3 cm³/mol. The number of hydrogen-bond acceptors (Lipinski definition) is 5. The maximum atomic E-state index is 12.7. The number of piperazine rings is 1. The zero-order valence-electron chi connectivity index (χ0n) is 14.7. The molecule has 0 bridgehead atoms. The van der Waals surface area contributed by atoms with Gasteiger partial charge in [0.25, 0.3) is 11.5 Å². The molecule has 2 aromatic rings. The number of hydrogen-bond donors (Lipinski definition) is 1. The SMILES string of the molecule is COc1ccccc1N1CCN(C(=O)c2cnc(C)[nH]c2=O)C(C)C1. The number of methoxy groups -OCH3 is 1. The van der Waals surface area contributed by atoms with E-state index in [1.165, 1.54) is 6.20 Å². The third-order valence-corrected chi connectivity index (χ3v) is 4.47. The van der Waals surface area contributed by atoms with Crippen molar-refractivity contribution in [3.63, 3.8) is 0 Å². The molecule has 132 valence electrons. The number of ether oxygens (including phenoxy) is 1. The van der Waals surface area contributed by atoms with Crippen LogP contribution in [0.2, 0.25) is 0 Å². The van der Waals surface area contributed by atoms with Gasteiger partial charge < -0.3 is 19.5 Å². The summed E-state index contributed by atoms with van der Waals surface area (Å²) < 4.78 is 5.43. The van der Waals surface area contributed by atoms with E-state index in [1.807, 2.05) is 31.2 Å². The lowest BCUT2D eigenvalue weighted by atomic mass is 10.1. The second kappa shape index (κ2) is 6.96. The van der Waals surface area contributed by atoms with Gasteiger partial charge in [-0.05, 0) is 26.0 Å². The number of anilines is 1. The largest absolute Gasteiger partial charge is 0.495 e. The minimum absolute atomic E-state index is 0.0353. The molecule has 0 radical (unpaired) electrons. The second-order valence-electron chi connectivity index (χ2n) is 6.18. The van der Waals surface area contributed by atoms with Gasteiger partial charge in [0.05, 0.1) is 12.8 Å². The van der Waals surface area contributed by atoms with Crippen LogP contribution in [0, 0.1) is 6.92 Å². The number of nitrogens with one attached hydrogen (secondary N) is 1. The molecular weight excluding hydrogens is 320 g/mol. The molecular formula is C18H22N4O3. The Labute approximate surface area is 146 Å². The molecule has 3 rings (SSSR count). The predicted octanol–water partition coefficient (Wildman–Crippen LogP) is 1.44. The van der Waals surface area contributed by atoms with Gasteiger partial charge >= 0.3 is 0 Å². The summed E-state index contributed by atoms with van der Waals surface area (Å²) in [5.41, 5.74) is 0.707. The number of rotatable bonds is 3. The van der Waals surface area contributed by atoms with E-state index in [0.717, 1.165) is 11.4 Å². The van der Waals surface area contributed by atoms with Crippen LogP contribution < -0.4 is 15.2 Å². The Kier molecular flexibility index (Phi) is 4.74. The number of benzene rings is 1. The van der Waals surface area contributed by atoms with Crippen molar-refractivity contribution in [2.75, 3.05) is 31.6 Å². The van der Waals surface area contributed by atoms with Crippen molar-refractivity contribution in [3.8, 4) is 5.75 Å². The molecule has 1 aromatic heterocycles. The first kappa shape index (κ1) is 17.0. The van der Waals surface area contributed by atoms with Crippen LogP contribution in [0.15, 0.2) is 35.3 Å². The lowest BCUT2D eigenvalue weighted by molar-refractivity contribution is 0.0671. The molecule has 1 saturated heterocycles. The van der Waals surface area contributed by atoms with Crippen molar-refractivity contribution < 1.29 is 9.53 Å². The highest BCUT2D eigenvalue weighted by atomic mass is 16.5. The van der Waals surface area contributed by atoms with Gasteiger partial charge in [-0.25, -0.2) is 4.98 Å². The summed E-state index contributed by atoms with van der Waals surface area (Å²) in [6, 6.07) is 7.80. The molecule has 1 N–H and O–H groups in total. The molecule has 1 fully saturated rings. The molecule has 1 aliphatic rings. The van der Waals surface area contributed by atoms with Crippen molar-refractivity contribution in [3.05, 3.63) is 52.2 Å². The Bertz CT molecular complexity index is 833. The molecule has 2 heterocycles. The summed E-state index contributed by atoms with van der Waals surface area (Å²) >= 11 is 0. The fourth-order valence-corrected chi connectivity index (χ4v) is 3.16. The molecule has 0 aliphatic carbocycles. The Hall–Kier alpha value is -2.83. The highest BCUT2D eigenvalue weighted by Gasteiger charge is 2.30. The van der Waals surface area contributed by atoms with Gasteiger partial charge in [-0.1, -0.05) is 12.1 Å². The summed E-state index contributed by atoms with van der Waals surface area (Å²) in [7, 11) is 1.65. The molecule has 1 aliphatic heterocycles. The van der Waals surface area contributed by atoms with Gasteiger partial charge in [0, 0.05) is 31.9 Å². The van der Waals surface area contributed by atoms with Gasteiger partial charge in [-0.3, -0.25) is 9.59 Å². The van der Waals surface area contributed by atoms with E-state index in [4.69, 9.17) is 4.74 Å². The van der Waals surface area contributed by atoms with E-state index >= 15 is 0 Å². The van der Waals surface area contributed by atoms with Gasteiger partial charge in [0.15, 0.2) is 0 Å². The Morgan fingerprint density at radius 2 is 2.08 bits per heavy atom. The monoisotopic (exact) mass is 342 g/mol. The van der Waals surface area contributed by atoms with E-state index in [1.54, 1.807) is 18.9 Å². The first-order valence-corrected chi connectivity index (χ1v) is 8.26. The first-order chi connectivity index (χ1) is 12.0. The van der Waals surface area contributed by atoms with E-state index in [2.05, 4.69) is 14.9 Å². The van der Waals surface area contributed by atoms with Gasteiger partial charge in [0.1, 0.15) is 17.1 Å².